The largest absolute Gasteiger partial charge is 0.495 e. The molecule has 27 heavy (non-hydrogen) atoms. The number of methoxy groups -OCH3 is 1. The van der Waals surface area contributed by atoms with Crippen LogP contribution in [0.4, 0.5) is 20.6 Å². The number of ether oxygens (including phenoxy) is 1. The van der Waals surface area contributed by atoms with Crippen molar-refractivity contribution in [3.05, 3.63) is 53.3 Å². The van der Waals surface area contributed by atoms with Crippen molar-refractivity contribution in [1.82, 2.24) is 4.90 Å². The number of anilines is 2. The molecule has 0 bridgehead atoms. The first-order valence-electron chi connectivity index (χ1n) is 8.46. The summed E-state index contributed by atoms with van der Waals surface area (Å²) < 4.78 is 18.5. The van der Waals surface area contributed by atoms with Crippen LogP contribution in [-0.2, 0) is 4.79 Å². The van der Waals surface area contributed by atoms with Gasteiger partial charge in [-0.3, -0.25) is 4.79 Å². The maximum Gasteiger partial charge on any atom is 0.322 e. The molecule has 1 atom stereocenters. The van der Waals surface area contributed by atoms with Gasteiger partial charge in [0.25, 0.3) is 0 Å². The van der Waals surface area contributed by atoms with E-state index < -0.39 is 11.9 Å². The highest BCUT2D eigenvalue weighted by Crippen LogP contribution is 2.26. The van der Waals surface area contributed by atoms with E-state index >= 15 is 0 Å². The molecule has 3 rings (SSSR count). The predicted molar refractivity (Wildman–Crippen MR) is 102 cm³/mol. The van der Waals surface area contributed by atoms with Gasteiger partial charge in [-0.25, -0.2) is 9.18 Å². The second-order valence-electron chi connectivity index (χ2n) is 6.10. The Kier molecular flexibility index (Phi) is 5.81. The van der Waals surface area contributed by atoms with Crippen LogP contribution >= 0.6 is 11.6 Å². The normalized spacial score (nSPS) is 16.1. The highest BCUT2D eigenvalue weighted by atomic mass is 35.5. The lowest BCUT2D eigenvalue weighted by Gasteiger charge is -2.24. The van der Waals surface area contributed by atoms with Gasteiger partial charge in [-0.15, -0.1) is 0 Å². The zero-order valence-electron chi connectivity index (χ0n) is 14.7. The fourth-order valence-electron chi connectivity index (χ4n) is 3.02. The lowest BCUT2D eigenvalue weighted by atomic mass is 10.2. The maximum atomic E-state index is 13.3. The molecule has 6 nitrogen and oxygen atoms in total. The van der Waals surface area contributed by atoms with Crippen molar-refractivity contribution in [2.24, 2.45) is 0 Å². The topological polar surface area (TPSA) is 70.7 Å². The fraction of sp³-hybridized carbons (Fsp3) is 0.263. The van der Waals surface area contributed by atoms with E-state index in [0.29, 0.717) is 36.5 Å². The molecular formula is C19H19ClFN3O3. The molecule has 0 aromatic heterocycles. The number of benzene rings is 2. The molecule has 3 amide bonds. The lowest BCUT2D eigenvalue weighted by molar-refractivity contribution is -0.119. The van der Waals surface area contributed by atoms with Crippen molar-refractivity contribution in [2.75, 3.05) is 24.3 Å². The minimum atomic E-state index is -0.622. The molecule has 0 spiro atoms. The summed E-state index contributed by atoms with van der Waals surface area (Å²) in [5.41, 5.74) is 0.907. The van der Waals surface area contributed by atoms with Gasteiger partial charge in [-0.2, -0.15) is 0 Å². The summed E-state index contributed by atoms with van der Waals surface area (Å²) in [4.78, 5) is 26.7. The van der Waals surface area contributed by atoms with Crippen LogP contribution in [0.2, 0.25) is 5.02 Å². The summed E-state index contributed by atoms with van der Waals surface area (Å²) in [5.74, 6) is -0.370. The zero-order valence-corrected chi connectivity index (χ0v) is 15.4. The van der Waals surface area contributed by atoms with E-state index in [2.05, 4.69) is 10.6 Å². The molecule has 1 heterocycles. The van der Waals surface area contributed by atoms with Gasteiger partial charge in [-0.1, -0.05) is 23.7 Å². The van der Waals surface area contributed by atoms with Gasteiger partial charge in [0.05, 0.1) is 17.8 Å². The van der Waals surface area contributed by atoms with Crippen molar-refractivity contribution in [1.29, 1.82) is 0 Å². The lowest BCUT2D eigenvalue weighted by Crippen LogP contribution is -2.45. The summed E-state index contributed by atoms with van der Waals surface area (Å²) in [6.07, 6.45) is 1.25. The molecule has 2 N–H and O–H groups in total. The van der Waals surface area contributed by atoms with Crippen molar-refractivity contribution in [3.63, 3.8) is 0 Å². The van der Waals surface area contributed by atoms with E-state index in [1.54, 1.807) is 24.3 Å². The number of urea groups is 1. The number of rotatable bonds is 4. The van der Waals surface area contributed by atoms with Crippen molar-refractivity contribution < 1.29 is 18.7 Å². The number of carbonyl (C=O) groups excluding carboxylic acids is 2. The quantitative estimate of drug-likeness (QED) is 0.823. The molecule has 8 heteroatoms. The van der Waals surface area contributed by atoms with E-state index in [4.69, 9.17) is 16.3 Å². The molecule has 1 aliphatic heterocycles. The average Bonchev–Trinajstić information content (AvgIpc) is 3.15. The first kappa shape index (κ1) is 19.0. The van der Waals surface area contributed by atoms with Crippen LogP contribution in [0.15, 0.2) is 42.5 Å². The van der Waals surface area contributed by atoms with E-state index in [1.165, 1.54) is 30.2 Å². The molecule has 142 valence electrons. The summed E-state index contributed by atoms with van der Waals surface area (Å²) in [6.45, 7) is 0.462. The van der Waals surface area contributed by atoms with Crippen LogP contribution in [0.25, 0.3) is 0 Å². The van der Waals surface area contributed by atoms with Gasteiger partial charge in [0.15, 0.2) is 0 Å². The van der Waals surface area contributed by atoms with Crippen LogP contribution < -0.4 is 15.4 Å². The number of hydrogen-bond donors (Lipinski definition) is 2. The Hall–Kier alpha value is -2.80. The molecule has 0 unspecified atom stereocenters. The molecule has 0 saturated carbocycles. The number of likely N-dealkylation sites (tertiary alicyclic amines) is 1. The highest BCUT2D eigenvalue weighted by molar-refractivity contribution is 6.31. The Labute approximate surface area is 161 Å². The highest BCUT2D eigenvalue weighted by Gasteiger charge is 2.34. The number of halogens is 2. The Balaban J connectivity index is 1.69. The maximum absolute atomic E-state index is 13.3. The molecule has 2 aromatic rings. The Morgan fingerprint density at radius 2 is 2.00 bits per heavy atom. The average molecular weight is 392 g/mol. The number of amides is 3. The third-order valence-corrected chi connectivity index (χ3v) is 4.64. The number of para-hydroxylation sites is 2. The number of carbonyl (C=O) groups is 2. The standard InChI is InChI=1S/C19H19ClFN3O3/c1-27-17-7-3-2-5-15(17)23-19(26)24-10-4-6-16(24)18(25)22-12-8-9-14(21)13(20)11-12/h2-3,5,7-9,11,16H,4,6,10H2,1H3,(H,22,25)(H,23,26)/t16-/m0/s1. The molecule has 0 aliphatic carbocycles. The van der Waals surface area contributed by atoms with Crippen molar-refractivity contribution in [2.45, 2.75) is 18.9 Å². The molecule has 1 aliphatic rings. The second-order valence-corrected chi connectivity index (χ2v) is 6.51. The summed E-state index contributed by atoms with van der Waals surface area (Å²) in [5, 5.41) is 5.39. The smallest absolute Gasteiger partial charge is 0.322 e. The summed E-state index contributed by atoms with van der Waals surface area (Å²) >= 11 is 5.74. The first-order chi connectivity index (χ1) is 13.0. The van der Waals surface area contributed by atoms with Crippen LogP contribution in [0.5, 0.6) is 5.75 Å². The summed E-state index contributed by atoms with van der Waals surface area (Å²) in [6, 6.07) is 9.98. The molecule has 1 fully saturated rings. The van der Waals surface area contributed by atoms with Crippen molar-refractivity contribution >= 4 is 34.9 Å². The fourth-order valence-corrected chi connectivity index (χ4v) is 3.20. The number of nitrogens with zero attached hydrogens (tertiary/aromatic N) is 1. The zero-order chi connectivity index (χ0) is 19.4. The Morgan fingerprint density at radius 3 is 2.74 bits per heavy atom. The molecule has 2 aromatic carbocycles. The van der Waals surface area contributed by atoms with Gasteiger partial charge >= 0.3 is 6.03 Å². The Bertz CT molecular complexity index is 862. The van der Waals surface area contributed by atoms with E-state index in [9.17, 15) is 14.0 Å². The van der Waals surface area contributed by atoms with Crippen LogP contribution in [0, 0.1) is 5.82 Å². The van der Waals surface area contributed by atoms with Gasteiger partial charge < -0.3 is 20.3 Å². The van der Waals surface area contributed by atoms with Crippen molar-refractivity contribution in [3.8, 4) is 5.75 Å². The third kappa shape index (κ3) is 4.31. The molecule has 0 radical (unpaired) electrons. The number of hydrogen-bond acceptors (Lipinski definition) is 3. The Morgan fingerprint density at radius 1 is 1.22 bits per heavy atom. The predicted octanol–water partition coefficient (Wildman–Crippen LogP) is 4.12. The van der Waals surface area contributed by atoms with Crippen LogP contribution in [0.1, 0.15) is 12.8 Å². The molecular weight excluding hydrogens is 373 g/mol. The van der Waals surface area contributed by atoms with Crippen LogP contribution in [0.3, 0.4) is 0 Å². The monoisotopic (exact) mass is 391 g/mol. The first-order valence-corrected chi connectivity index (χ1v) is 8.84. The molecule has 1 saturated heterocycles. The third-order valence-electron chi connectivity index (χ3n) is 4.35. The SMILES string of the molecule is COc1ccccc1NC(=O)N1CCC[C@H]1C(=O)Nc1ccc(F)c(Cl)c1. The van der Waals surface area contributed by atoms with Gasteiger partial charge in [0.1, 0.15) is 17.6 Å². The van der Waals surface area contributed by atoms with E-state index in [-0.39, 0.29) is 17.0 Å². The summed E-state index contributed by atoms with van der Waals surface area (Å²) in [7, 11) is 1.52. The van der Waals surface area contributed by atoms with Crippen LogP contribution in [-0.4, -0.2) is 36.5 Å². The minimum absolute atomic E-state index is 0.0787. The number of nitrogens with one attached hydrogen (secondary N) is 2. The van der Waals surface area contributed by atoms with E-state index in [0.717, 1.165) is 0 Å². The second kappa shape index (κ2) is 8.26. The minimum Gasteiger partial charge on any atom is -0.495 e. The van der Waals surface area contributed by atoms with E-state index in [1.807, 2.05) is 0 Å². The van der Waals surface area contributed by atoms with Gasteiger partial charge in [0.2, 0.25) is 5.91 Å². The van der Waals surface area contributed by atoms with Gasteiger partial charge in [0, 0.05) is 12.2 Å². The van der Waals surface area contributed by atoms with Gasteiger partial charge in [-0.05, 0) is 43.2 Å².